The second-order valence-corrected chi connectivity index (χ2v) is 7.73. The van der Waals surface area contributed by atoms with E-state index in [1.54, 1.807) is 7.11 Å². The van der Waals surface area contributed by atoms with Crippen LogP contribution in [0.1, 0.15) is 47.5 Å². The summed E-state index contributed by atoms with van der Waals surface area (Å²) < 4.78 is 5.29. The molecule has 120 valence electrons. The molecule has 3 heteroatoms. The van der Waals surface area contributed by atoms with E-state index < -0.39 is 0 Å². The molecule has 1 N–H and O–H groups in total. The van der Waals surface area contributed by atoms with Gasteiger partial charge in [-0.2, -0.15) is 0 Å². The van der Waals surface area contributed by atoms with Gasteiger partial charge in [-0.05, 0) is 43.6 Å². The fourth-order valence-electron chi connectivity index (χ4n) is 2.82. The van der Waals surface area contributed by atoms with Crippen LogP contribution in [0.15, 0.2) is 0 Å². The zero-order chi connectivity index (χ0) is 15.2. The summed E-state index contributed by atoms with van der Waals surface area (Å²) in [5, 5.41) is 3.61. The summed E-state index contributed by atoms with van der Waals surface area (Å²) in [6, 6.07) is 0.703. The van der Waals surface area contributed by atoms with Crippen molar-refractivity contribution in [3.63, 3.8) is 0 Å². The molecule has 20 heavy (non-hydrogen) atoms. The first-order valence-electron chi connectivity index (χ1n) is 8.29. The van der Waals surface area contributed by atoms with Crippen LogP contribution in [0.3, 0.4) is 0 Å². The SMILES string of the molecule is COCCN(CC(C)(C)CNCC(C)C)C(C)C1CC1. The lowest BCUT2D eigenvalue weighted by molar-refractivity contribution is 0.0828. The van der Waals surface area contributed by atoms with Gasteiger partial charge in [0.2, 0.25) is 0 Å². The summed E-state index contributed by atoms with van der Waals surface area (Å²) in [4.78, 5) is 2.64. The minimum atomic E-state index is 0.311. The molecule has 0 saturated heterocycles. The van der Waals surface area contributed by atoms with Gasteiger partial charge >= 0.3 is 0 Å². The van der Waals surface area contributed by atoms with Crippen LogP contribution in [0.25, 0.3) is 0 Å². The van der Waals surface area contributed by atoms with Crippen molar-refractivity contribution in [2.24, 2.45) is 17.3 Å². The van der Waals surface area contributed by atoms with Crippen molar-refractivity contribution in [1.29, 1.82) is 0 Å². The average molecular weight is 284 g/mol. The van der Waals surface area contributed by atoms with Crippen LogP contribution in [0.2, 0.25) is 0 Å². The average Bonchev–Trinajstić information content (AvgIpc) is 3.16. The van der Waals surface area contributed by atoms with Gasteiger partial charge in [0.05, 0.1) is 6.61 Å². The Morgan fingerprint density at radius 3 is 2.40 bits per heavy atom. The Bertz CT molecular complexity index is 262. The summed E-state index contributed by atoms with van der Waals surface area (Å²) in [7, 11) is 1.80. The van der Waals surface area contributed by atoms with Gasteiger partial charge in [-0.1, -0.05) is 27.7 Å². The highest BCUT2D eigenvalue weighted by Crippen LogP contribution is 2.36. The Kier molecular flexibility index (Phi) is 7.49. The standard InChI is InChI=1S/C17H36N2O/c1-14(2)11-18-12-17(4,5)13-19(9-10-20-6)15(3)16-7-8-16/h14-16,18H,7-13H2,1-6H3. The number of rotatable bonds is 11. The zero-order valence-corrected chi connectivity index (χ0v) is 14.5. The number of ether oxygens (including phenoxy) is 1. The first-order chi connectivity index (χ1) is 9.35. The van der Waals surface area contributed by atoms with E-state index >= 15 is 0 Å². The van der Waals surface area contributed by atoms with E-state index in [-0.39, 0.29) is 0 Å². The molecule has 0 heterocycles. The zero-order valence-electron chi connectivity index (χ0n) is 14.5. The number of nitrogens with one attached hydrogen (secondary N) is 1. The fraction of sp³-hybridized carbons (Fsp3) is 1.00. The van der Waals surface area contributed by atoms with Gasteiger partial charge < -0.3 is 10.1 Å². The maximum absolute atomic E-state index is 5.29. The van der Waals surface area contributed by atoms with E-state index in [0.29, 0.717) is 11.5 Å². The van der Waals surface area contributed by atoms with Crippen molar-refractivity contribution in [2.75, 3.05) is 39.9 Å². The summed E-state index contributed by atoms with van der Waals surface area (Å²) in [5.74, 6) is 1.65. The maximum atomic E-state index is 5.29. The summed E-state index contributed by atoms with van der Waals surface area (Å²) in [5.41, 5.74) is 0.311. The molecule has 0 aromatic carbocycles. The highest BCUT2D eigenvalue weighted by molar-refractivity contribution is 4.88. The van der Waals surface area contributed by atoms with E-state index in [0.717, 1.165) is 44.6 Å². The Hall–Kier alpha value is -0.120. The van der Waals surface area contributed by atoms with Crippen molar-refractivity contribution in [3.05, 3.63) is 0 Å². The number of hydrogen-bond donors (Lipinski definition) is 1. The number of hydrogen-bond acceptors (Lipinski definition) is 3. The first kappa shape index (κ1) is 17.9. The number of nitrogens with zero attached hydrogens (tertiary/aromatic N) is 1. The van der Waals surface area contributed by atoms with Gasteiger partial charge in [-0.15, -0.1) is 0 Å². The van der Waals surface area contributed by atoms with Crippen molar-refractivity contribution >= 4 is 0 Å². The van der Waals surface area contributed by atoms with Crippen LogP contribution < -0.4 is 5.32 Å². The third-order valence-electron chi connectivity index (χ3n) is 4.25. The van der Waals surface area contributed by atoms with Crippen LogP contribution in [0, 0.1) is 17.3 Å². The first-order valence-corrected chi connectivity index (χ1v) is 8.29. The van der Waals surface area contributed by atoms with Crippen molar-refractivity contribution in [1.82, 2.24) is 10.2 Å². The second-order valence-electron chi connectivity index (χ2n) is 7.73. The van der Waals surface area contributed by atoms with Crippen LogP contribution in [-0.4, -0.2) is 50.8 Å². The van der Waals surface area contributed by atoms with Gasteiger partial charge in [-0.25, -0.2) is 0 Å². The summed E-state index contributed by atoms with van der Waals surface area (Å²) in [6.45, 7) is 16.9. The molecule has 1 rings (SSSR count). The highest BCUT2D eigenvalue weighted by atomic mass is 16.5. The smallest absolute Gasteiger partial charge is 0.0589 e. The van der Waals surface area contributed by atoms with Crippen LogP contribution in [-0.2, 0) is 4.74 Å². The lowest BCUT2D eigenvalue weighted by Crippen LogP contribution is -2.46. The Morgan fingerprint density at radius 2 is 1.90 bits per heavy atom. The Morgan fingerprint density at radius 1 is 1.25 bits per heavy atom. The Labute approximate surface area is 126 Å². The van der Waals surface area contributed by atoms with Gasteiger partial charge in [-0.3, -0.25) is 4.90 Å². The molecule has 0 bridgehead atoms. The van der Waals surface area contributed by atoms with E-state index in [9.17, 15) is 0 Å². The highest BCUT2D eigenvalue weighted by Gasteiger charge is 2.34. The molecule has 1 fully saturated rings. The van der Waals surface area contributed by atoms with Crippen molar-refractivity contribution in [2.45, 2.75) is 53.5 Å². The molecule has 3 nitrogen and oxygen atoms in total. The molecule has 1 atom stereocenters. The molecule has 0 amide bonds. The third-order valence-corrected chi connectivity index (χ3v) is 4.25. The van der Waals surface area contributed by atoms with Crippen LogP contribution >= 0.6 is 0 Å². The minimum absolute atomic E-state index is 0.311. The molecule has 0 spiro atoms. The fourth-order valence-corrected chi connectivity index (χ4v) is 2.82. The third kappa shape index (κ3) is 7.05. The molecular formula is C17H36N2O. The monoisotopic (exact) mass is 284 g/mol. The van der Waals surface area contributed by atoms with E-state index in [2.05, 4.69) is 44.8 Å². The summed E-state index contributed by atoms with van der Waals surface area (Å²) in [6.07, 6.45) is 2.83. The molecular weight excluding hydrogens is 248 g/mol. The molecule has 1 aliphatic rings. The normalized spacial score (nSPS) is 18.0. The molecule has 0 aromatic heterocycles. The van der Waals surface area contributed by atoms with Gasteiger partial charge in [0, 0.05) is 32.8 Å². The number of methoxy groups -OCH3 is 1. The predicted octanol–water partition coefficient (Wildman–Crippen LogP) is 3.01. The molecule has 0 aliphatic heterocycles. The molecule has 1 saturated carbocycles. The van der Waals surface area contributed by atoms with Gasteiger partial charge in [0.15, 0.2) is 0 Å². The van der Waals surface area contributed by atoms with Crippen molar-refractivity contribution in [3.8, 4) is 0 Å². The Balaban J connectivity index is 2.43. The topological polar surface area (TPSA) is 24.5 Å². The van der Waals surface area contributed by atoms with E-state index in [1.165, 1.54) is 12.8 Å². The van der Waals surface area contributed by atoms with Crippen LogP contribution in [0.5, 0.6) is 0 Å². The quantitative estimate of drug-likeness (QED) is 0.631. The lowest BCUT2D eigenvalue weighted by atomic mass is 9.91. The lowest BCUT2D eigenvalue weighted by Gasteiger charge is -2.37. The van der Waals surface area contributed by atoms with E-state index in [1.807, 2.05) is 0 Å². The van der Waals surface area contributed by atoms with Crippen molar-refractivity contribution < 1.29 is 4.74 Å². The molecule has 0 radical (unpaired) electrons. The van der Waals surface area contributed by atoms with E-state index in [4.69, 9.17) is 4.74 Å². The predicted molar refractivity (Wildman–Crippen MR) is 87.1 cm³/mol. The molecule has 1 aliphatic carbocycles. The minimum Gasteiger partial charge on any atom is -0.383 e. The largest absolute Gasteiger partial charge is 0.383 e. The van der Waals surface area contributed by atoms with Gasteiger partial charge in [0.1, 0.15) is 0 Å². The van der Waals surface area contributed by atoms with Gasteiger partial charge in [0.25, 0.3) is 0 Å². The molecule has 1 unspecified atom stereocenters. The van der Waals surface area contributed by atoms with Crippen LogP contribution in [0.4, 0.5) is 0 Å². The molecule has 0 aromatic rings. The maximum Gasteiger partial charge on any atom is 0.0589 e. The summed E-state index contributed by atoms with van der Waals surface area (Å²) >= 11 is 0. The second kappa shape index (κ2) is 8.35.